The van der Waals surface area contributed by atoms with Crippen LogP contribution in [-0.2, 0) is 0 Å². The highest BCUT2D eigenvalue weighted by molar-refractivity contribution is 5.69. The van der Waals surface area contributed by atoms with Gasteiger partial charge in [0.1, 0.15) is 12.4 Å². The topological polar surface area (TPSA) is 9.23 Å². The monoisotopic (exact) mass is 264 g/mol. The van der Waals surface area contributed by atoms with E-state index < -0.39 is 0 Å². The summed E-state index contributed by atoms with van der Waals surface area (Å²) < 4.78 is 5.87. The molecule has 0 aliphatic heterocycles. The van der Waals surface area contributed by atoms with Crippen molar-refractivity contribution in [1.82, 2.24) is 0 Å². The summed E-state index contributed by atoms with van der Waals surface area (Å²) in [7, 11) is 0. The van der Waals surface area contributed by atoms with Gasteiger partial charge >= 0.3 is 0 Å². The van der Waals surface area contributed by atoms with Gasteiger partial charge in [-0.15, -0.1) is 0 Å². The van der Waals surface area contributed by atoms with E-state index in [0.29, 0.717) is 6.61 Å². The zero-order valence-corrected chi connectivity index (χ0v) is 12.0. The molecule has 2 aromatic carbocycles. The van der Waals surface area contributed by atoms with Crippen LogP contribution in [0.5, 0.6) is 5.75 Å². The van der Waals surface area contributed by atoms with Crippen molar-refractivity contribution in [1.29, 1.82) is 0 Å². The molecule has 0 saturated heterocycles. The van der Waals surface area contributed by atoms with Crippen molar-refractivity contribution in [2.75, 3.05) is 6.61 Å². The molecule has 1 nitrogen and oxygen atoms in total. The van der Waals surface area contributed by atoms with Gasteiger partial charge in [-0.05, 0) is 37.1 Å². The molecule has 0 bridgehead atoms. The number of benzene rings is 2. The number of allylic oxidation sites excluding steroid dienone is 3. The fourth-order valence-electron chi connectivity index (χ4n) is 1.90. The van der Waals surface area contributed by atoms with Crippen LogP contribution in [0.25, 0.3) is 5.57 Å². The molecule has 102 valence electrons. The van der Waals surface area contributed by atoms with Crippen molar-refractivity contribution >= 4 is 5.57 Å². The minimum absolute atomic E-state index is 0.569. The summed E-state index contributed by atoms with van der Waals surface area (Å²) in [6, 6.07) is 20.3. The molecule has 0 saturated carbocycles. The van der Waals surface area contributed by atoms with Crippen LogP contribution in [-0.4, -0.2) is 6.61 Å². The zero-order valence-electron chi connectivity index (χ0n) is 12.0. The standard InChI is InChI=1S/C19H20O/c1-3-16(2)14-18(17-10-6-4-7-11-17)15-20-19-12-8-5-9-13-19/h3-14H,15H2,1-2H3. The van der Waals surface area contributed by atoms with E-state index >= 15 is 0 Å². The van der Waals surface area contributed by atoms with Crippen LogP contribution in [0.3, 0.4) is 0 Å². The third-order valence-corrected chi connectivity index (χ3v) is 3.14. The molecular formula is C19H20O. The van der Waals surface area contributed by atoms with Gasteiger partial charge in [0, 0.05) is 0 Å². The fraction of sp³-hybridized carbons (Fsp3) is 0.158. The lowest BCUT2D eigenvalue weighted by molar-refractivity contribution is 0.370. The minimum atomic E-state index is 0.569. The van der Waals surface area contributed by atoms with Gasteiger partial charge < -0.3 is 4.74 Å². The molecule has 0 unspecified atom stereocenters. The van der Waals surface area contributed by atoms with Crippen LogP contribution in [0.15, 0.2) is 78.4 Å². The SMILES string of the molecule is CC=C(C)C=C(COc1ccccc1)c1ccccc1. The van der Waals surface area contributed by atoms with Crippen molar-refractivity contribution in [3.8, 4) is 5.75 Å². The van der Waals surface area contributed by atoms with Gasteiger partial charge in [0.05, 0.1) is 0 Å². The maximum absolute atomic E-state index is 5.87. The molecule has 2 aromatic rings. The van der Waals surface area contributed by atoms with Crippen molar-refractivity contribution in [2.24, 2.45) is 0 Å². The molecule has 0 aliphatic carbocycles. The molecule has 0 amide bonds. The molecule has 1 heteroatoms. The van der Waals surface area contributed by atoms with Crippen LogP contribution in [0, 0.1) is 0 Å². The van der Waals surface area contributed by atoms with Gasteiger partial charge in [0.2, 0.25) is 0 Å². The van der Waals surface area contributed by atoms with E-state index in [1.165, 1.54) is 16.7 Å². The second-order valence-electron chi connectivity index (χ2n) is 4.67. The predicted octanol–water partition coefficient (Wildman–Crippen LogP) is 5.12. The summed E-state index contributed by atoms with van der Waals surface area (Å²) in [6.45, 7) is 4.72. The summed E-state index contributed by atoms with van der Waals surface area (Å²) in [5, 5.41) is 0. The maximum Gasteiger partial charge on any atom is 0.119 e. The quantitative estimate of drug-likeness (QED) is 0.681. The first-order chi connectivity index (χ1) is 9.79. The summed E-state index contributed by atoms with van der Waals surface area (Å²) in [5.41, 5.74) is 3.62. The molecule has 0 atom stereocenters. The summed E-state index contributed by atoms with van der Waals surface area (Å²) in [5.74, 6) is 0.896. The Morgan fingerprint density at radius 1 is 0.950 bits per heavy atom. The number of ether oxygens (including phenoxy) is 1. The largest absolute Gasteiger partial charge is 0.489 e. The van der Waals surface area contributed by atoms with Crippen LogP contribution >= 0.6 is 0 Å². The molecule has 0 fully saturated rings. The Hall–Kier alpha value is -2.28. The molecule has 0 radical (unpaired) electrons. The molecule has 0 heterocycles. The zero-order chi connectivity index (χ0) is 14.2. The van der Waals surface area contributed by atoms with Crippen LogP contribution < -0.4 is 4.74 Å². The molecule has 2 rings (SSSR count). The third-order valence-electron chi connectivity index (χ3n) is 3.14. The number of rotatable bonds is 5. The molecular weight excluding hydrogens is 244 g/mol. The van der Waals surface area contributed by atoms with E-state index in [9.17, 15) is 0 Å². The average molecular weight is 264 g/mol. The van der Waals surface area contributed by atoms with Crippen molar-refractivity contribution in [2.45, 2.75) is 13.8 Å². The second-order valence-corrected chi connectivity index (χ2v) is 4.67. The van der Waals surface area contributed by atoms with Gasteiger partial charge in [0.25, 0.3) is 0 Å². The highest BCUT2D eigenvalue weighted by atomic mass is 16.5. The lowest BCUT2D eigenvalue weighted by atomic mass is 10.0. The van der Waals surface area contributed by atoms with E-state index in [1.54, 1.807) is 0 Å². The number of para-hydroxylation sites is 1. The fourth-order valence-corrected chi connectivity index (χ4v) is 1.90. The van der Waals surface area contributed by atoms with Crippen molar-refractivity contribution in [3.05, 3.63) is 84.0 Å². The van der Waals surface area contributed by atoms with Gasteiger partial charge in [-0.3, -0.25) is 0 Å². The van der Waals surface area contributed by atoms with E-state index in [0.717, 1.165) is 5.75 Å². The second kappa shape index (κ2) is 7.34. The van der Waals surface area contributed by atoms with E-state index in [4.69, 9.17) is 4.74 Å². The molecule has 0 spiro atoms. The lowest BCUT2D eigenvalue weighted by Gasteiger charge is -2.11. The van der Waals surface area contributed by atoms with Crippen LogP contribution in [0.1, 0.15) is 19.4 Å². The highest BCUT2D eigenvalue weighted by Crippen LogP contribution is 2.19. The van der Waals surface area contributed by atoms with Crippen molar-refractivity contribution in [3.63, 3.8) is 0 Å². The number of hydrogen-bond acceptors (Lipinski definition) is 1. The number of hydrogen-bond donors (Lipinski definition) is 0. The normalized spacial score (nSPS) is 12.3. The Labute approximate surface area is 121 Å². The van der Waals surface area contributed by atoms with Crippen LogP contribution in [0.4, 0.5) is 0 Å². The van der Waals surface area contributed by atoms with Gasteiger partial charge in [-0.1, -0.05) is 66.3 Å². The Bertz CT molecular complexity index is 580. The van der Waals surface area contributed by atoms with E-state index in [1.807, 2.05) is 43.3 Å². The lowest BCUT2D eigenvalue weighted by Crippen LogP contribution is -2.01. The van der Waals surface area contributed by atoms with Gasteiger partial charge in [0.15, 0.2) is 0 Å². The maximum atomic E-state index is 5.87. The summed E-state index contributed by atoms with van der Waals surface area (Å²) in [6.07, 6.45) is 4.28. The Balaban J connectivity index is 2.18. The smallest absolute Gasteiger partial charge is 0.119 e. The first-order valence-corrected chi connectivity index (χ1v) is 6.86. The highest BCUT2D eigenvalue weighted by Gasteiger charge is 2.03. The first-order valence-electron chi connectivity index (χ1n) is 6.86. The van der Waals surface area contributed by atoms with Gasteiger partial charge in [-0.25, -0.2) is 0 Å². The molecule has 0 aliphatic rings. The van der Waals surface area contributed by atoms with Crippen LogP contribution in [0.2, 0.25) is 0 Å². The summed E-state index contributed by atoms with van der Waals surface area (Å²) in [4.78, 5) is 0. The minimum Gasteiger partial charge on any atom is -0.489 e. The Morgan fingerprint density at radius 2 is 1.55 bits per heavy atom. The third kappa shape index (κ3) is 4.13. The van der Waals surface area contributed by atoms with Crippen molar-refractivity contribution < 1.29 is 4.74 Å². The Morgan fingerprint density at radius 3 is 2.15 bits per heavy atom. The summed E-state index contributed by atoms with van der Waals surface area (Å²) >= 11 is 0. The molecule has 0 N–H and O–H groups in total. The first kappa shape index (κ1) is 14.1. The van der Waals surface area contributed by atoms with E-state index in [-0.39, 0.29) is 0 Å². The van der Waals surface area contributed by atoms with Gasteiger partial charge in [-0.2, -0.15) is 0 Å². The van der Waals surface area contributed by atoms with E-state index in [2.05, 4.69) is 43.3 Å². The Kier molecular flexibility index (Phi) is 5.19. The molecule has 20 heavy (non-hydrogen) atoms. The average Bonchev–Trinajstić information content (AvgIpc) is 2.53. The molecule has 0 aromatic heterocycles. The predicted molar refractivity (Wildman–Crippen MR) is 85.8 cm³/mol.